The Bertz CT molecular complexity index is 670. The van der Waals surface area contributed by atoms with E-state index in [2.05, 4.69) is 40.5 Å². The molecule has 156 valence electrons. The van der Waals surface area contributed by atoms with Crippen molar-refractivity contribution < 1.29 is 9.53 Å². The molecule has 6 nitrogen and oxygen atoms in total. The standard InChI is InChI=1S/C22H36N4O2/c1-4-5-6-20-23-12-18(24-20)15-25-9-7-22(8-10-25)11-19(22)21(27)26-13-16(2)28-17(3)14-26/h12,16-17,19H,4-11,13-15H2,1-3H3,(H,23,24)/t16-,17+,19?. The summed E-state index contributed by atoms with van der Waals surface area (Å²) in [5, 5.41) is 0. The number of rotatable bonds is 6. The molecule has 2 saturated heterocycles. The highest BCUT2D eigenvalue weighted by Gasteiger charge is 2.59. The van der Waals surface area contributed by atoms with Crippen LogP contribution in [0.2, 0.25) is 0 Å². The normalized spacial score (nSPS) is 30.0. The molecule has 1 aromatic heterocycles. The van der Waals surface area contributed by atoms with Crippen LogP contribution in [-0.2, 0) is 22.5 Å². The number of unbranched alkanes of at least 4 members (excludes halogenated alkanes) is 1. The lowest BCUT2D eigenvalue weighted by Crippen LogP contribution is -2.49. The van der Waals surface area contributed by atoms with Crippen LogP contribution in [0.1, 0.15) is 64.4 Å². The van der Waals surface area contributed by atoms with Crippen LogP contribution in [0.25, 0.3) is 0 Å². The van der Waals surface area contributed by atoms with Gasteiger partial charge in [-0.15, -0.1) is 0 Å². The monoisotopic (exact) mass is 388 g/mol. The quantitative estimate of drug-likeness (QED) is 0.814. The minimum atomic E-state index is 0.154. The lowest BCUT2D eigenvalue weighted by Gasteiger charge is -2.37. The van der Waals surface area contributed by atoms with Crippen molar-refractivity contribution in [2.24, 2.45) is 11.3 Å². The number of H-pyrrole nitrogens is 1. The molecule has 1 unspecified atom stereocenters. The lowest BCUT2D eigenvalue weighted by molar-refractivity contribution is -0.145. The van der Waals surface area contributed by atoms with Gasteiger partial charge in [0.25, 0.3) is 0 Å². The molecule has 1 spiro atoms. The zero-order valence-corrected chi connectivity index (χ0v) is 17.7. The molecule has 1 N–H and O–H groups in total. The molecule has 1 saturated carbocycles. The molecule has 3 fully saturated rings. The number of carbonyl (C=O) groups is 1. The number of carbonyl (C=O) groups excluding carboxylic acids is 1. The van der Waals surface area contributed by atoms with Crippen molar-refractivity contribution >= 4 is 5.91 Å². The topological polar surface area (TPSA) is 61.5 Å². The van der Waals surface area contributed by atoms with Gasteiger partial charge in [0, 0.05) is 43.9 Å². The fourth-order valence-electron chi connectivity index (χ4n) is 5.18. The smallest absolute Gasteiger partial charge is 0.226 e. The van der Waals surface area contributed by atoms with Crippen molar-refractivity contribution in [1.29, 1.82) is 0 Å². The van der Waals surface area contributed by atoms with E-state index in [0.717, 1.165) is 64.2 Å². The number of likely N-dealkylation sites (tertiary alicyclic amines) is 1. The van der Waals surface area contributed by atoms with Crippen molar-refractivity contribution in [2.75, 3.05) is 26.2 Å². The molecule has 1 aromatic rings. The van der Waals surface area contributed by atoms with Crippen LogP contribution >= 0.6 is 0 Å². The summed E-state index contributed by atoms with van der Waals surface area (Å²) in [7, 11) is 0. The Labute approximate surface area is 169 Å². The fraction of sp³-hybridized carbons (Fsp3) is 0.818. The maximum Gasteiger partial charge on any atom is 0.226 e. The second-order valence-corrected chi connectivity index (χ2v) is 9.35. The Kier molecular flexibility index (Phi) is 5.79. The first-order valence-corrected chi connectivity index (χ1v) is 11.2. The average molecular weight is 389 g/mol. The van der Waals surface area contributed by atoms with E-state index in [1.807, 2.05) is 6.20 Å². The third-order valence-corrected chi connectivity index (χ3v) is 6.91. The molecule has 6 heteroatoms. The van der Waals surface area contributed by atoms with Gasteiger partial charge in [-0.3, -0.25) is 9.69 Å². The van der Waals surface area contributed by atoms with Gasteiger partial charge in [0.15, 0.2) is 0 Å². The Hall–Kier alpha value is -1.40. The summed E-state index contributed by atoms with van der Waals surface area (Å²) in [4.78, 5) is 25.6. The first kappa shape index (κ1) is 19.9. The van der Waals surface area contributed by atoms with Gasteiger partial charge in [-0.1, -0.05) is 13.3 Å². The highest BCUT2D eigenvalue weighted by molar-refractivity contribution is 5.83. The van der Waals surface area contributed by atoms with Crippen LogP contribution in [0.5, 0.6) is 0 Å². The van der Waals surface area contributed by atoms with Crippen LogP contribution < -0.4 is 0 Å². The van der Waals surface area contributed by atoms with Gasteiger partial charge in [0.05, 0.1) is 12.2 Å². The summed E-state index contributed by atoms with van der Waals surface area (Å²) in [6.07, 6.45) is 9.13. The van der Waals surface area contributed by atoms with Gasteiger partial charge >= 0.3 is 0 Å². The van der Waals surface area contributed by atoms with Crippen LogP contribution in [0.4, 0.5) is 0 Å². The molecule has 0 radical (unpaired) electrons. The minimum absolute atomic E-state index is 0.154. The third kappa shape index (κ3) is 4.28. The molecule has 0 bridgehead atoms. The predicted octanol–water partition coefficient (Wildman–Crippen LogP) is 2.99. The van der Waals surface area contributed by atoms with Crippen molar-refractivity contribution in [3.8, 4) is 0 Å². The van der Waals surface area contributed by atoms with Gasteiger partial charge < -0.3 is 14.6 Å². The van der Waals surface area contributed by atoms with E-state index in [1.54, 1.807) is 0 Å². The van der Waals surface area contributed by atoms with Crippen LogP contribution in [0, 0.1) is 11.3 Å². The number of ether oxygens (including phenoxy) is 1. The summed E-state index contributed by atoms with van der Waals surface area (Å²) in [6, 6.07) is 0. The molecule has 28 heavy (non-hydrogen) atoms. The van der Waals surface area contributed by atoms with E-state index in [0.29, 0.717) is 5.91 Å². The first-order chi connectivity index (χ1) is 13.5. The third-order valence-electron chi connectivity index (χ3n) is 6.91. The van der Waals surface area contributed by atoms with Gasteiger partial charge in [-0.2, -0.15) is 0 Å². The first-order valence-electron chi connectivity index (χ1n) is 11.2. The van der Waals surface area contributed by atoms with E-state index >= 15 is 0 Å². The van der Waals surface area contributed by atoms with E-state index in [4.69, 9.17) is 4.74 Å². The number of aryl methyl sites for hydroxylation is 1. The second kappa shape index (κ2) is 8.15. The highest BCUT2D eigenvalue weighted by Crippen LogP contribution is 2.60. The number of amides is 1. The summed E-state index contributed by atoms with van der Waals surface area (Å²) in [6.45, 7) is 11.0. The van der Waals surface area contributed by atoms with E-state index in [-0.39, 0.29) is 23.5 Å². The number of piperidine rings is 1. The largest absolute Gasteiger partial charge is 0.372 e. The molecule has 0 aromatic carbocycles. The number of nitrogens with zero attached hydrogens (tertiary/aromatic N) is 3. The molecule has 3 heterocycles. The van der Waals surface area contributed by atoms with Crippen molar-refractivity contribution in [1.82, 2.24) is 19.8 Å². The zero-order chi connectivity index (χ0) is 19.7. The molecule has 1 amide bonds. The fourth-order valence-corrected chi connectivity index (χ4v) is 5.18. The van der Waals surface area contributed by atoms with Crippen LogP contribution in [0.3, 0.4) is 0 Å². The SMILES string of the molecule is CCCCc1ncc(CN2CCC3(CC2)CC3C(=O)N2C[C@@H](C)O[C@@H](C)C2)[nH]1. The van der Waals surface area contributed by atoms with Gasteiger partial charge in [0.2, 0.25) is 5.91 Å². The van der Waals surface area contributed by atoms with Gasteiger partial charge in [-0.25, -0.2) is 4.98 Å². The summed E-state index contributed by atoms with van der Waals surface area (Å²) < 4.78 is 5.79. The highest BCUT2D eigenvalue weighted by atomic mass is 16.5. The lowest BCUT2D eigenvalue weighted by atomic mass is 9.90. The molecule has 1 aliphatic carbocycles. The Morgan fingerprint density at radius 3 is 2.68 bits per heavy atom. The predicted molar refractivity (Wildman–Crippen MR) is 109 cm³/mol. The Morgan fingerprint density at radius 1 is 1.29 bits per heavy atom. The van der Waals surface area contributed by atoms with Crippen LogP contribution in [0.15, 0.2) is 6.20 Å². The number of morpholine rings is 1. The van der Waals surface area contributed by atoms with Crippen molar-refractivity contribution in [3.63, 3.8) is 0 Å². The van der Waals surface area contributed by atoms with E-state index in [9.17, 15) is 4.79 Å². The maximum atomic E-state index is 13.0. The summed E-state index contributed by atoms with van der Waals surface area (Å²) in [5.74, 6) is 1.75. The molecular formula is C22H36N4O2. The number of aromatic nitrogens is 2. The second-order valence-electron chi connectivity index (χ2n) is 9.35. The Morgan fingerprint density at radius 2 is 2.00 bits per heavy atom. The molecule has 3 aliphatic rings. The zero-order valence-electron chi connectivity index (χ0n) is 17.7. The number of imidazole rings is 1. The average Bonchev–Trinajstić information content (AvgIpc) is 3.18. The molecular weight excluding hydrogens is 352 g/mol. The van der Waals surface area contributed by atoms with Gasteiger partial charge in [-0.05, 0) is 58.0 Å². The van der Waals surface area contributed by atoms with Crippen molar-refractivity contribution in [3.05, 3.63) is 17.7 Å². The summed E-state index contributed by atoms with van der Waals surface area (Å²) in [5.41, 5.74) is 1.50. The van der Waals surface area contributed by atoms with Gasteiger partial charge in [0.1, 0.15) is 5.82 Å². The number of hydrogen-bond donors (Lipinski definition) is 1. The number of hydrogen-bond acceptors (Lipinski definition) is 4. The molecule has 3 atom stereocenters. The maximum absolute atomic E-state index is 13.0. The van der Waals surface area contributed by atoms with E-state index in [1.165, 1.54) is 18.5 Å². The van der Waals surface area contributed by atoms with Crippen LogP contribution in [-0.4, -0.2) is 64.1 Å². The summed E-state index contributed by atoms with van der Waals surface area (Å²) >= 11 is 0. The molecule has 2 aliphatic heterocycles. The van der Waals surface area contributed by atoms with E-state index < -0.39 is 0 Å². The number of aromatic amines is 1. The minimum Gasteiger partial charge on any atom is -0.372 e. The van der Waals surface area contributed by atoms with Crippen molar-refractivity contribution in [2.45, 2.75) is 78.0 Å². The Balaban J connectivity index is 1.25. The molecule has 4 rings (SSSR count). The number of nitrogens with one attached hydrogen (secondary N) is 1.